The fraction of sp³-hybridized carbons (Fsp3) is 0.458. The van der Waals surface area contributed by atoms with Crippen molar-refractivity contribution in [2.45, 2.75) is 43.2 Å². The second-order valence-electron chi connectivity index (χ2n) is 9.25. The van der Waals surface area contributed by atoms with Crippen LogP contribution in [0.5, 0.6) is 5.75 Å². The lowest BCUT2D eigenvalue weighted by Crippen LogP contribution is -2.51. The highest BCUT2D eigenvalue weighted by molar-refractivity contribution is 7.89. The largest absolute Gasteiger partial charge is 0.487 e. The Balaban J connectivity index is 1.44. The average Bonchev–Trinajstić information content (AvgIpc) is 2.79. The summed E-state index contributed by atoms with van der Waals surface area (Å²) in [7, 11) is -3.61. The van der Waals surface area contributed by atoms with E-state index in [1.807, 2.05) is 0 Å². The number of likely N-dealkylation sites (tertiary alicyclic amines) is 1. The standard InChI is InChI=1S/C24H24F5NO5S/c1-36(32,33)13-18-19(25)11-17(12-20(18)26)15-2-3-21-16(10-15)4-5-23(35-21)6-8-30(9-7-23)22(31)34-14-24(27,28)29/h2-3,10-12H,4-9,13-14H2,1H3. The number of sulfone groups is 1. The molecule has 2 aromatic rings. The van der Waals surface area contributed by atoms with E-state index in [1.54, 1.807) is 18.2 Å². The Labute approximate surface area is 204 Å². The minimum atomic E-state index is -4.59. The van der Waals surface area contributed by atoms with Gasteiger partial charge in [-0.15, -0.1) is 0 Å². The number of rotatable bonds is 4. The number of ether oxygens (including phenoxy) is 2. The molecule has 1 spiro atoms. The minimum Gasteiger partial charge on any atom is -0.487 e. The van der Waals surface area contributed by atoms with Gasteiger partial charge in [-0.1, -0.05) is 6.07 Å². The molecule has 0 radical (unpaired) electrons. The van der Waals surface area contributed by atoms with Gasteiger partial charge in [0.05, 0.1) is 5.75 Å². The molecule has 0 saturated carbocycles. The van der Waals surface area contributed by atoms with E-state index in [2.05, 4.69) is 4.74 Å². The molecule has 1 fully saturated rings. The molecule has 2 aliphatic rings. The summed E-state index contributed by atoms with van der Waals surface area (Å²) in [6.45, 7) is -1.24. The van der Waals surface area contributed by atoms with Crippen LogP contribution >= 0.6 is 0 Å². The van der Waals surface area contributed by atoms with Gasteiger partial charge in [-0.3, -0.25) is 0 Å². The van der Waals surface area contributed by atoms with E-state index in [0.717, 1.165) is 24.0 Å². The zero-order valence-corrected chi connectivity index (χ0v) is 20.1. The normalized spacial score (nSPS) is 17.4. The predicted molar refractivity (Wildman–Crippen MR) is 120 cm³/mol. The molecule has 36 heavy (non-hydrogen) atoms. The number of carbonyl (C=O) groups excluding carboxylic acids is 1. The summed E-state index contributed by atoms with van der Waals surface area (Å²) in [5.41, 5.74) is 0.556. The Morgan fingerprint density at radius 2 is 1.69 bits per heavy atom. The smallest absolute Gasteiger partial charge is 0.422 e. The third kappa shape index (κ3) is 6.08. The first-order valence-electron chi connectivity index (χ1n) is 11.2. The maximum absolute atomic E-state index is 14.5. The second-order valence-corrected chi connectivity index (χ2v) is 11.4. The number of amides is 1. The maximum Gasteiger partial charge on any atom is 0.422 e. The molecule has 0 atom stereocenters. The minimum absolute atomic E-state index is 0.197. The van der Waals surface area contributed by atoms with E-state index >= 15 is 0 Å². The molecule has 0 N–H and O–H groups in total. The Kier molecular flexibility index (Phi) is 6.93. The molecule has 1 amide bonds. The zero-order valence-electron chi connectivity index (χ0n) is 19.3. The topological polar surface area (TPSA) is 72.9 Å². The lowest BCUT2D eigenvalue weighted by Gasteiger charge is -2.44. The molecule has 196 valence electrons. The first kappa shape index (κ1) is 26.2. The quantitative estimate of drug-likeness (QED) is 0.516. The van der Waals surface area contributed by atoms with E-state index in [-0.39, 0.29) is 18.7 Å². The van der Waals surface area contributed by atoms with E-state index in [1.165, 1.54) is 4.90 Å². The Bertz CT molecular complexity index is 1250. The molecular formula is C24H24F5NO5S. The van der Waals surface area contributed by atoms with E-state index in [0.29, 0.717) is 37.0 Å². The van der Waals surface area contributed by atoms with Crippen molar-refractivity contribution in [3.8, 4) is 16.9 Å². The van der Waals surface area contributed by atoms with Crippen molar-refractivity contribution < 1.29 is 44.6 Å². The molecule has 2 heterocycles. The van der Waals surface area contributed by atoms with Crippen LogP contribution in [0.3, 0.4) is 0 Å². The number of nitrogens with zero attached hydrogens (tertiary/aromatic N) is 1. The molecule has 1 saturated heterocycles. The van der Waals surface area contributed by atoms with Gasteiger partial charge < -0.3 is 14.4 Å². The van der Waals surface area contributed by atoms with Crippen molar-refractivity contribution in [3.05, 3.63) is 53.1 Å². The number of alkyl halides is 3. The van der Waals surface area contributed by atoms with Crippen LogP contribution in [0.15, 0.2) is 30.3 Å². The van der Waals surface area contributed by atoms with Gasteiger partial charge in [0, 0.05) is 37.8 Å². The first-order valence-corrected chi connectivity index (χ1v) is 13.3. The summed E-state index contributed by atoms with van der Waals surface area (Å²) in [4.78, 5) is 13.1. The molecule has 12 heteroatoms. The van der Waals surface area contributed by atoms with E-state index in [4.69, 9.17) is 4.74 Å². The number of halogens is 5. The van der Waals surface area contributed by atoms with Crippen molar-refractivity contribution in [1.29, 1.82) is 0 Å². The Morgan fingerprint density at radius 1 is 1.06 bits per heavy atom. The highest BCUT2D eigenvalue weighted by Gasteiger charge is 2.41. The van der Waals surface area contributed by atoms with Crippen molar-refractivity contribution in [2.24, 2.45) is 0 Å². The van der Waals surface area contributed by atoms with Crippen LogP contribution in [0.4, 0.5) is 26.7 Å². The molecule has 0 bridgehead atoms. The SMILES string of the molecule is CS(=O)(=O)Cc1c(F)cc(-c2ccc3c(c2)CCC2(CCN(C(=O)OCC(F)(F)F)CC2)O3)cc1F. The molecule has 4 rings (SSSR count). The van der Waals surface area contributed by atoms with Crippen molar-refractivity contribution in [1.82, 2.24) is 4.90 Å². The van der Waals surface area contributed by atoms with Gasteiger partial charge in [-0.2, -0.15) is 13.2 Å². The summed E-state index contributed by atoms with van der Waals surface area (Å²) < 4.78 is 99.3. The third-order valence-electron chi connectivity index (χ3n) is 6.41. The van der Waals surface area contributed by atoms with Crippen LogP contribution in [-0.2, 0) is 26.7 Å². The maximum atomic E-state index is 14.5. The summed E-state index contributed by atoms with van der Waals surface area (Å²) in [6, 6.07) is 7.30. The monoisotopic (exact) mass is 533 g/mol. The lowest BCUT2D eigenvalue weighted by atomic mass is 9.82. The highest BCUT2D eigenvalue weighted by atomic mass is 32.2. The van der Waals surface area contributed by atoms with Gasteiger partial charge in [0.1, 0.15) is 23.0 Å². The van der Waals surface area contributed by atoms with E-state index in [9.17, 15) is 35.2 Å². The van der Waals surface area contributed by atoms with Crippen LogP contribution in [0.1, 0.15) is 30.4 Å². The fourth-order valence-corrected chi connectivity index (χ4v) is 5.35. The molecule has 0 aliphatic carbocycles. The molecule has 0 unspecified atom stereocenters. The molecule has 0 aromatic heterocycles. The summed E-state index contributed by atoms with van der Waals surface area (Å²) in [5.74, 6) is -2.02. The predicted octanol–water partition coefficient (Wildman–Crippen LogP) is 5.03. The zero-order chi connectivity index (χ0) is 26.3. The van der Waals surface area contributed by atoms with Crippen LogP contribution in [0, 0.1) is 11.6 Å². The Hall–Kier alpha value is -2.89. The van der Waals surface area contributed by atoms with Crippen LogP contribution in [0.2, 0.25) is 0 Å². The number of carbonyl (C=O) groups is 1. The second kappa shape index (κ2) is 9.53. The summed E-state index contributed by atoms with van der Waals surface area (Å²) in [5, 5.41) is 0. The number of benzene rings is 2. The number of hydrogen-bond donors (Lipinski definition) is 0. The number of hydrogen-bond acceptors (Lipinski definition) is 5. The highest BCUT2D eigenvalue weighted by Crippen LogP contribution is 2.41. The molecule has 2 aliphatic heterocycles. The van der Waals surface area contributed by atoms with Gasteiger partial charge in [0.2, 0.25) is 0 Å². The Morgan fingerprint density at radius 3 is 2.28 bits per heavy atom. The van der Waals surface area contributed by atoms with Gasteiger partial charge in [-0.25, -0.2) is 22.0 Å². The fourth-order valence-electron chi connectivity index (χ4n) is 4.55. The van der Waals surface area contributed by atoms with Crippen molar-refractivity contribution in [3.63, 3.8) is 0 Å². The summed E-state index contributed by atoms with van der Waals surface area (Å²) >= 11 is 0. The van der Waals surface area contributed by atoms with Crippen LogP contribution in [-0.4, -0.2) is 57.1 Å². The van der Waals surface area contributed by atoms with Gasteiger partial charge >= 0.3 is 12.3 Å². The van der Waals surface area contributed by atoms with E-state index < -0.39 is 57.3 Å². The van der Waals surface area contributed by atoms with Crippen LogP contribution in [0.25, 0.3) is 11.1 Å². The van der Waals surface area contributed by atoms with Gasteiger partial charge in [0.15, 0.2) is 16.4 Å². The number of aryl methyl sites for hydroxylation is 1. The average molecular weight is 534 g/mol. The molecule has 6 nitrogen and oxygen atoms in total. The number of piperidine rings is 1. The van der Waals surface area contributed by atoms with Crippen molar-refractivity contribution in [2.75, 3.05) is 26.0 Å². The van der Waals surface area contributed by atoms with Crippen molar-refractivity contribution >= 4 is 15.9 Å². The third-order valence-corrected chi connectivity index (χ3v) is 7.22. The lowest BCUT2D eigenvalue weighted by molar-refractivity contribution is -0.163. The number of fused-ring (bicyclic) bond motifs is 1. The van der Waals surface area contributed by atoms with Gasteiger partial charge in [-0.05, 0) is 53.8 Å². The molecule has 2 aromatic carbocycles. The van der Waals surface area contributed by atoms with Gasteiger partial charge in [0.25, 0.3) is 0 Å². The first-order chi connectivity index (χ1) is 16.7. The summed E-state index contributed by atoms with van der Waals surface area (Å²) in [6.07, 6.45) is -2.65. The molecular weight excluding hydrogens is 509 g/mol. The van der Waals surface area contributed by atoms with Crippen LogP contribution < -0.4 is 4.74 Å².